The number of ether oxygens (including phenoxy) is 2. The molecule has 0 aliphatic heterocycles. The molecule has 1 atom stereocenters. The van der Waals surface area contributed by atoms with Crippen LogP contribution in [0.5, 0.6) is 5.75 Å². The first kappa shape index (κ1) is 25.5. The van der Waals surface area contributed by atoms with Crippen LogP contribution in [0.1, 0.15) is 48.9 Å². The number of rotatable bonds is 9. The van der Waals surface area contributed by atoms with E-state index in [0.29, 0.717) is 43.2 Å². The smallest absolute Gasteiger partial charge is 0.410 e. The summed E-state index contributed by atoms with van der Waals surface area (Å²) in [6.07, 6.45) is 2.27. The van der Waals surface area contributed by atoms with Gasteiger partial charge in [-0.3, -0.25) is 0 Å². The van der Waals surface area contributed by atoms with E-state index in [1.807, 2.05) is 66.7 Å². The number of hydrogen-bond acceptors (Lipinski definition) is 4. The van der Waals surface area contributed by atoms with E-state index < -0.39 is 5.82 Å². The molecule has 0 bridgehead atoms. The first-order valence-corrected chi connectivity index (χ1v) is 12.7. The molecule has 5 nitrogen and oxygen atoms in total. The van der Waals surface area contributed by atoms with Gasteiger partial charge in [0.05, 0.1) is 0 Å². The van der Waals surface area contributed by atoms with E-state index in [1.165, 1.54) is 0 Å². The van der Waals surface area contributed by atoms with E-state index >= 15 is 4.39 Å². The number of halogens is 1. The highest BCUT2D eigenvalue weighted by Crippen LogP contribution is 2.36. The maximum atomic E-state index is 15.5. The minimum Gasteiger partial charge on any atom is -0.487 e. The second kappa shape index (κ2) is 11.9. The van der Waals surface area contributed by atoms with Crippen LogP contribution >= 0.6 is 0 Å². The Balaban J connectivity index is 1.48. The van der Waals surface area contributed by atoms with Crippen molar-refractivity contribution in [2.45, 2.75) is 58.8 Å². The normalized spacial score (nSPS) is 14.8. The van der Waals surface area contributed by atoms with Crippen molar-refractivity contribution in [1.82, 2.24) is 4.90 Å². The largest absolute Gasteiger partial charge is 0.487 e. The molecule has 2 N–H and O–H groups in total. The van der Waals surface area contributed by atoms with Gasteiger partial charge in [0.15, 0.2) is 5.82 Å². The Morgan fingerprint density at radius 3 is 2.33 bits per heavy atom. The molecule has 1 aliphatic carbocycles. The molecule has 4 rings (SSSR count). The molecular weight excluding hydrogens is 455 g/mol. The van der Waals surface area contributed by atoms with Crippen LogP contribution in [0.15, 0.2) is 66.7 Å². The quantitative estimate of drug-likeness (QED) is 0.346. The number of nitrogen functional groups attached to an aromatic ring is 1. The minimum absolute atomic E-state index is 0.0192. The minimum atomic E-state index is -0.443. The molecule has 3 aromatic rings. The van der Waals surface area contributed by atoms with Gasteiger partial charge in [-0.25, -0.2) is 9.18 Å². The summed E-state index contributed by atoms with van der Waals surface area (Å²) in [6, 6.07) is 21.1. The SMILES string of the molecule is CC(C)CCN(C(=O)OCc1ccccc1)[C@@H]1CCc2cc(OCc3ccccc3)c(N)c(F)c2C1. The van der Waals surface area contributed by atoms with Crippen LogP contribution in [0.25, 0.3) is 0 Å². The number of hydrogen-bond donors (Lipinski definition) is 1. The van der Waals surface area contributed by atoms with Crippen molar-refractivity contribution in [1.29, 1.82) is 0 Å². The second-order valence-electron chi connectivity index (χ2n) is 9.83. The highest BCUT2D eigenvalue weighted by molar-refractivity contribution is 5.68. The van der Waals surface area contributed by atoms with E-state index in [0.717, 1.165) is 29.5 Å². The van der Waals surface area contributed by atoms with E-state index in [1.54, 1.807) is 4.90 Å². The molecule has 190 valence electrons. The number of amides is 1. The molecule has 0 radical (unpaired) electrons. The topological polar surface area (TPSA) is 64.8 Å². The molecule has 0 fully saturated rings. The Kier molecular flexibility index (Phi) is 8.47. The third kappa shape index (κ3) is 6.36. The third-order valence-electron chi connectivity index (χ3n) is 6.71. The summed E-state index contributed by atoms with van der Waals surface area (Å²) in [5.74, 6) is 0.358. The van der Waals surface area contributed by atoms with E-state index in [9.17, 15) is 4.79 Å². The van der Waals surface area contributed by atoms with Gasteiger partial charge in [-0.05, 0) is 59.9 Å². The molecule has 0 unspecified atom stereocenters. The first-order chi connectivity index (χ1) is 17.4. The van der Waals surface area contributed by atoms with Crippen LogP contribution in [-0.4, -0.2) is 23.6 Å². The van der Waals surface area contributed by atoms with Crippen molar-refractivity contribution in [3.63, 3.8) is 0 Å². The van der Waals surface area contributed by atoms with Gasteiger partial charge in [0, 0.05) is 12.6 Å². The summed E-state index contributed by atoms with van der Waals surface area (Å²) in [6.45, 7) is 5.36. The lowest BCUT2D eigenvalue weighted by molar-refractivity contribution is 0.0748. The monoisotopic (exact) mass is 490 g/mol. The fourth-order valence-corrected chi connectivity index (χ4v) is 4.58. The highest BCUT2D eigenvalue weighted by atomic mass is 19.1. The maximum Gasteiger partial charge on any atom is 0.410 e. The van der Waals surface area contributed by atoms with Crippen molar-refractivity contribution >= 4 is 11.8 Å². The van der Waals surface area contributed by atoms with Crippen molar-refractivity contribution < 1.29 is 18.7 Å². The molecule has 0 saturated carbocycles. The van der Waals surface area contributed by atoms with Gasteiger partial charge in [0.25, 0.3) is 0 Å². The van der Waals surface area contributed by atoms with E-state index in [-0.39, 0.29) is 24.4 Å². The van der Waals surface area contributed by atoms with Crippen LogP contribution in [0.4, 0.5) is 14.9 Å². The van der Waals surface area contributed by atoms with Gasteiger partial charge in [-0.2, -0.15) is 0 Å². The van der Waals surface area contributed by atoms with Gasteiger partial charge >= 0.3 is 6.09 Å². The summed E-state index contributed by atoms with van der Waals surface area (Å²) in [7, 11) is 0. The molecule has 0 spiro atoms. The number of nitrogens with two attached hydrogens (primary N) is 1. The molecule has 1 aliphatic rings. The lowest BCUT2D eigenvalue weighted by Gasteiger charge is -2.35. The van der Waals surface area contributed by atoms with Gasteiger partial charge in [0.1, 0.15) is 24.7 Å². The number of fused-ring (bicyclic) bond motifs is 1. The number of carbonyl (C=O) groups excluding carboxylic acids is 1. The molecular formula is C30H35FN2O3. The maximum absolute atomic E-state index is 15.5. The summed E-state index contributed by atoms with van der Waals surface area (Å²) >= 11 is 0. The zero-order chi connectivity index (χ0) is 25.5. The average molecular weight is 491 g/mol. The predicted octanol–water partition coefficient (Wildman–Crippen LogP) is 6.53. The van der Waals surface area contributed by atoms with Crippen molar-refractivity contribution in [3.8, 4) is 5.75 Å². The molecule has 36 heavy (non-hydrogen) atoms. The lowest BCUT2D eigenvalue weighted by Crippen LogP contribution is -2.44. The van der Waals surface area contributed by atoms with Crippen LogP contribution in [0.2, 0.25) is 0 Å². The summed E-state index contributed by atoms with van der Waals surface area (Å²) in [5, 5.41) is 0. The molecule has 0 saturated heterocycles. The average Bonchev–Trinajstić information content (AvgIpc) is 2.90. The zero-order valence-electron chi connectivity index (χ0n) is 21.1. The zero-order valence-corrected chi connectivity index (χ0v) is 21.1. The number of anilines is 1. The molecule has 3 aromatic carbocycles. The van der Waals surface area contributed by atoms with Crippen molar-refractivity contribution in [3.05, 3.63) is 94.8 Å². The van der Waals surface area contributed by atoms with Gasteiger partial charge in [0.2, 0.25) is 0 Å². The Hall–Kier alpha value is -3.54. The molecule has 1 amide bonds. The number of benzene rings is 3. The van der Waals surface area contributed by atoms with Crippen LogP contribution in [-0.2, 0) is 30.8 Å². The number of carbonyl (C=O) groups is 1. The molecule has 0 aromatic heterocycles. The predicted molar refractivity (Wildman–Crippen MR) is 140 cm³/mol. The highest BCUT2D eigenvalue weighted by Gasteiger charge is 2.31. The van der Waals surface area contributed by atoms with Gasteiger partial charge in [-0.15, -0.1) is 0 Å². The van der Waals surface area contributed by atoms with Crippen LogP contribution in [0.3, 0.4) is 0 Å². The Labute approximate surface area is 213 Å². The summed E-state index contributed by atoms with van der Waals surface area (Å²) < 4.78 is 27.0. The summed E-state index contributed by atoms with van der Waals surface area (Å²) in [5.41, 5.74) is 9.56. The van der Waals surface area contributed by atoms with Gasteiger partial charge in [-0.1, -0.05) is 74.5 Å². The second-order valence-corrected chi connectivity index (χ2v) is 9.83. The van der Waals surface area contributed by atoms with E-state index in [2.05, 4.69) is 13.8 Å². The van der Waals surface area contributed by atoms with Crippen LogP contribution in [0, 0.1) is 11.7 Å². The fourth-order valence-electron chi connectivity index (χ4n) is 4.58. The number of aryl methyl sites for hydroxylation is 1. The first-order valence-electron chi connectivity index (χ1n) is 12.7. The standard InChI is InChI=1S/C30H35FN2O3/c1-21(2)15-16-33(30(34)36-20-23-11-7-4-8-12-23)25-14-13-24-17-27(29(32)28(31)26(24)18-25)35-19-22-9-5-3-6-10-22/h3-12,17,21,25H,13-16,18-20,32H2,1-2H3/t25-/m1/s1. The Morgan fingerprint density at radius 2 is 1.69 bits per heavy atom. The molecule has 6 heteroatoms. The molecule has 0 heterocycles. The Morgan fingerprint density at radius 1 is 1.06 bits per heavy atom. The number of nitrogens with zero attached hydrogens (tertiary/aromatic N) is 1. The summed E-state index contributed by atoms with van der Waals surface area (Å²) in [4.78, 5) is 14.9. The van der Waals surface area contributed by atoms with Crippen LogP contribution < -0.4 is 10.5 Å². The fraction of sp³-hybridized carbons (Fsp3) is 0.367. The van der Waals surface area contributed by atoms with Crippen molar-refractivity contribution in [2.24, 2.45) is 5.92 Å². The third-order valence-corrected chi connectivity index (χ3v) is 6.71. The Bertz CT molecular complexity index is 1150. The van der Waals surface area contributed by atoms with Gasteiger partial charge < -0.3 is 20.1 Å². The van der Waals surface area contributed by atoms with Crippen molar-refractivity contribution in [2.75, 3.05) is 12.3 Å². The van der Waals surface area contributed by atoms with E-state index in [4.69, 9.17) is 15.2 Å². The lowest BCUT2D eigenvalue weighted by atomic mass is 9.86.